The van der Waals surface area contributed by atoms with Gasteiger partial charge in [0.2, 0.25) is 0 Å². The van der Waals surface area contributed by atoms with Crippen LogP contribution in [0.5, 0.6) is 5.75 Å². The van der Waals surface area contributed by atoms with Gasteiger partial charge in [0.25, 0.3) is 5.91 Å². The Balaban J connectivity index is 1.65. The second-order valence-electron chi connectivity index (χ2n) is 6.59. The molecule has 0 bridgehead atoms. The van der Waals surface area contributed by atoms with Crippen LogP contribution in [0.2, 0.25) is 10.0 Å². The van der Waals surface area contributed by atoms with Gasteiger partial charge in [0.1, 0.15) is 17.7 Å². The van der Waals surface area contributed by atoms with Crippen molar-refractivity contribution in [2.75, 3.05) is 18.0 Å². The fourth-order valence-electron chi connectivity index (χ4n) is 3.15. The van der Waals surface area contributed by atoms with E-state index in [2.05, 4.69) is 0 Å². The lowest BCUT2D eigenvalue weighted by molar-refractivity contribution is -0.137. The molecule has 2 aromatic carbocycles. The Bertz CT molecular complexity index is 929. The number of rotatable bonds is 4. The van der Waals surface area contributed by atoms with Gasteiger partial charge in [-0.05, 0) is 24.3 Å². The fourth-order valence-corrected chi connectivity index (χ4v) is 3.64. The summed E-state index contributed by atoms with van der Waals surface area (Å²) in [6.07, 6.45) is -3.70. The molecule has 4 nitrogen and oxygen atoms in total. The van der Waals surface area contributed by atoms with Gasteiger partial charge >= 0.3 is 6.18 Å². The van der Waals surface area contributed by atoms with E-state index in [-0.39, 0.29) is 27.5 Å². The van der Waals surface area contributed by atoms with Crippen molar-refractivity contribution >= 4 is 34.8 Å². The first-order valence-electron chi connectivity index (χ1n) is 8.63. The predicted octanol–water partition coefficient (Wildman–Crippen LogP) is 5.30. The number of amides is 1. The molecule has 29 heavy (non-hydrogen) atoms. The monoisotopic (exact) mass is 450 g/mol. The van der Waals surface area contributed by atoms with E-state index in [0.717, 1.165) is 18.2 Å². The second kappa shape index (κ2) is 8.28. The number of ether oxygens (including phenoxy) is 1. The van der Waals surface area contributed by atoms with E-state index in [1.54, 1.807) is 0 Å². The van der Waals surface area contributed by atoms with Crippen LogP contribution in [0.3, 0.4) is 0 Å². The first-order chi connectivity index (χ1) is 13.6. The number of alkyl halides is 3. The van der Waals surface area contributed by atoms with Crippen LogP contribution in [0.1, 0.15) is 28.8 Å². The number of hydrogen-bond acceptors (Lipinski definition) is 3. The smallest absolute Gasteiger partial charge is 0.417 e. The van der Waals surface area contributed by atoms with Gasteiger partial charge < -0.3 is 15.4 Å². The zero-order valence-corrected chi connectivity index (χ0v) is 16.4. The minimum absolute atomic E-state index is 0.0668. The summed E-state index contributed by atoms with van der Waals surface area (Å²) >= 11 is 11.8. The average Bonchev–Trinajstić information content (AvgIpc) is 2.63. The Morgan fingerprint density at radius 3 is 2.31 bits per heavy atom. The standard InChI is InChI=1S/C19H16Cl2F4N2O2/c20-14-7-10(1-2-13(14)19(23,24)25)27-5-3-11(4-6-27)29-17-9-16(22)12(18(26)28)8-15(17)21/h1-2,7-9,11H,3-6H2,(H2,26,28). The van der Waals surface area contributed by atoms with Crippen LogP contribution in [0, 0.1) is 5.82 Å². The van der Waals surface area contributed by atoms with Crippen LogP contribution in [-0.4, -0.2) is 25.1 Å². The maximum atomic E-state index is 13.9. The molecule has 2 aromatic rings. The maximum Gasteiger partial charge on any atom is 0.417 e. The Kier molecular flexibility index (Phi) is 6.14. The Morgan fingerprint density at radius 1 is 1.10 bits per heavy atom. The number of benzene rings is 2. The van der Waals surface area contributed by atoms with Crippen LogP contribution >= 0.6 is 23.2 Å². The van der Waals surface area contributed by atoms with Crippen LogP contribution in [0.4, 0.5) is 23.2 Å². The van der Waals surface area contributed by atoms with E-state index in [4.69, 9.17) is 33.7 Å². The molecule has 1 heterocycles. The summed E-state index contributed by atoms with van der Waals surface area (Å²) in [6.45, 7) is 1.01. The number of primary amides is 1. The number of piperidine rings is 1. The zero-order valence-electron chi connectivity index (χ0n) is 14.9. The molecule has 0 saturated carbocycles. The summed E-state index contributed by atoms with van der Waals surface area (Å²) < 4.78 is 58.2. The van der Waals surface area contributed by atoms with Gasteiger partial charge in [-0.15, -0.1) is 0 Å². The molecular formula is C19H16Cl2F4N2O2. The summed E-state index contributed by atoms with van der Waals surface area (Å²) in [7, 11) is 0. The van der Waals surface area contributed by atoms with Crippen molar-refractivity contribution in [2.45, 2.75) is 25.1 Å². The van der Waals surface area contributed by atoms with E-state index in [9.17, 15) is 22.4 Å². The molecule has 1 saturated heterocycles. The highest BCUT2D eigenvalue weighted by Crippen LogP contribution is 2.37. The van der Waals surface area contributed by atoms with E-state index in [1.165, 1.54) is 12.1 Å². The topological polar surface area (TPSA) is 55.6 Å². The van der Waals surface area contributed by atoms with E-state index >= 15 is 0 Å². The van der Waals surface area contributed by atoms with E-state index < -0.39 is 23.5 Å². The predicted molar refractivity (Wildman–Crippen MR) is 102 cm³/mol. The SMILES string of the molecule is NC(=O)c1cc(Cl)c(OC2CCN(c3ccc(C(F)(F)F)c(Cl)c3)CC2)cc1F. The fraction of sp³-hybridized carbons (Fsp3) is 0.316. The number of carbonyl (C=O) groups is 1. The van der Waals surface area contributed by atoms with Crippen LogP contribution in [0.25, 0.3) is 0 Å². The van der Waals surface area contributed by atoms with Crippen LogP contribution < -0.4 is 15.4 Å². The number of nitrogens with zero attached hydrogens (tertiary/aromatic N) is 1. The summed E-state index contributed by atoms with van der Waals surface area (Å²) in [6, 6.07) is 5.77. The Hall–Kier alpha value is -2.19. The quantitative estimate of drug-likeness (QED) is 0.643. The van der Waals surface area contributed by atoms with Gasteiger partial charge in [-0.1, -0.05) is 23.2 Å². The van der Waals surface area contributed by atoms with Crippen molar-refractivity contribution in [3.8, 4) is 5.75 Å². The van der Waals surface area contributed by atoms with Crippen molar-refractivity contribution in [3.05, 3.63) is 57.3 Å². The highest BCUT2D eigenvalue weighted by molar-refractivity contribution is 6.32. The molecule has 0 spiro atoms. The number of halogens is 6. The largest absolute Gasteiger partial charge is 0.489 e. The first kappa shape index (κ1) is 21.5. The van der Waals surface area contributed by atoms with Crippen molar-refractivity contribution in [1.29, 1.82) is 0 Å². The summed E-state index contributed by atoms with van der Waals surface area (Å²) in [5, 5.41) is -0.290. The molecular weight excluding hydrogens is 435 g/mol. The van der Waals surface area contributed by atoms with Gasteiger partial charge in [0.05, 0.1) is 21.2 Å². The van der Waals surface area contributed by atoms with E-state index in [0.29, 0.717) is 31.6 Å². The van der Waals surface area contributed by atoms with Gasteiger partial charge in [0.15, 0.2) is 0 Å². The third kappa shape index (κ3) is 4.87. The highest BCUT2D eigenvalue weighted by atomic mass is 35.5. The minimum Gasteiger partial charge on any atom is -0.489 e. The molecule has 0 unspecified atom stereocenters. The van der Waals surface area contributed by atoms with Crippen LogP contribution in [-0.2, 0) is 6.18 Å². The lowest BCUT2D eigenvalue weighted by Crippen LogP contribution is -2.38. The summed E-state index contributed by atoms with van der Waals surface area (Å²) in [5.41, 5.74) is 4.46. The molecule has 0 atom stereocenters. The number of carbonyl (C=O) groups excluding carboxylic acids is 1. The molecule has 1 fully saturated rings. The molecule has 0 radical (unpaired) electrons. The molecule has 1 amide bonds. The molecule has 10 heteroatoms. The van der Waals surface area contributed by atoms with Gasteiger partial charge in [-0.25, -0.2) is 4.39 Å². The number of anilines is 1. The van der Waals surface area contributed by atoms with Gasteiger partial charge in [-0.2, -0.15) is 13.2 Å². The molecule has 0 aliphatic carbocycles. The lowest BCUT2D eigenvalue weighted by Gasteiger charge is -2.34. The van der Waals surface area contributed by atoms with Crippen molar-refractivity contribution in [3.63, 3.8) is 0 Å². The van der Waals surface area contributed by atoms with Crippen molar-refractivity contribution in [1.82, 2.24) is 0 Å². The Labute approximate surface area is 174 Å². The zero-order chi connectivity index (χ0) is 21.3. The highest BCUT2D eigenvalue weighted by Gasteiger charge is 2.33. The second-order valence-corrected chi connectivity index (χ2v) is 7.41. The summed E-state index contributed by atoms with van der Waals surface area (Å²) in [5.74, 6) is -1.65. The molecule has 156 valence electrons. The third-order valence-electron chi connectivity index (χ3n) is 4.65. The molecule has 0 aromatic heterocycles. The van der Waals surface area contributed by atoms with Crippen molar-refractivity contribution < 1.29 is 27.1 Å². The molecule has 2 N–H and O–H groups in total. The molecule has 1 aliphatic heterocycles. The average molecular weight is 451 g/mol. The van der Waals surface area contributed by atoms with E-state index in [1.807, 2.05) is 4.90 Å². The van der Waals surface area contributed by atoms with Gasteiger partial charge in [-0.3, -0.25) is 4.79 Å². The molecule has 1 aliphatic rings. The number of nitrogens with two attached hydrogens (primary N) is 1. The van der Waals surface area contributed by atoms with Gasteiger partial charge in [0, 0.05) is 37.7 Å². The first-order valence-corrected chi connectivity index (χ1v) is 9.39. The maximum absolute atomic E-state index is 13.9. The third-order valence-corrected chi connectivity index (χ3v) is 5.25. The minimum atomic E-state index is -4.50. The normalized spacial score (nSPS) is 15.4. The molecule has 3 rings (SSSR count). The lowest BCUT2D eigenvalue weighted by atomic mass is 10.1. The van der Waals surface area contributed by atoms with Crippen LogP contribution in [0.15, 0.2) is 30.3 Å². The summed E-state index contributed by atoms with van der Waals surface area (Å²) in [4.78, 5) is 13.0. The Morgan fingerprint density at radius 2 is 1.76 bits per heavy atom. The number of hydrogen-bond donors (Lipinski definition) is 1. The van der Waals surface area contributed by atoms with Crippen molar-refractivity contribution in [2.24, 2.45) is 5.73 Å².